The first-order valence-corrected chi connectivity index (χ1v) is 6.72. The van der Waals surface area contributed by atoms with Gasteiger partial charge in [0.1, 0.15) is 5.41 Å². The highest BCUT2D eigenvalue weighted by Gasteiger charge is 2.35. The van der Waals surface area contributed by atoms with Crippen molar-refractivity contribution in [3.05, 3.63) is 0 Å². The van der Waals surface area contributed by atoms with Crippen molar-refractivity contribution in [2.75, 3.05) is 19.8 Å². The Hall–Kier alpha value is -1.30. The third kappa shape index (κ3) is 5.92. The molecule has 1 unspecified atom stereocenters. The maximum atomic E-state index is 12.0. The number of carbonyl (C=O) groups is 1. The molecule has 1 atom stereocenters. The Bertz CT molecular complexity index is 306. The molecule has 6 heteroatoms. The summed E-state index contributed by atoms with van der Waals surface area (Å²) in [6.45, 7) is 9.52. The van der Waals surface area contributed by atoms with Crippen LogP contribution in [0.1, 0.15) is 40.5 Å². The molecule has 0 aliphatic rings. The third-order valence-corrected chi connectivity index (χ3v) is 3.08. The van der Waals surface area contributed by atoms with Gasteiger partial charge in [-0.15, -0.1) is 0 Å². The van der Waals surface area contributed by atoms with E-state index in [9.17, 15) is 4.79 Å². The summed E-state index contributed by atoms with van der Waals surface area (Å²) in [4.78, 5) is 12.0. The van der Waals surface area contributed by atoms with Crippen molar-refractivity contribution in [3.8, 4) is 0 Å². The monoisotopic (exact) mass is 273 g/mol. The molecule has 0 bridgehead atoms. The van der Waals surface area contributed by atoms with Crippen molar-refractivity contribution in [2.45, 2.75) is 40.5 Å². The largest absolute Gasteiger partial charge is 0.409 e. The van der Waals surface area contributed by atoms with Crippen LogP contribution in [-0.4, -0.2) is 36.7 Å². The zero-order valence-corrected chi connectivity index (χ0v) is 12.4. The molecule has 0 radical (unpaired) electrons. The highest BCUT2D eigenvalue weighted by Crippen LogP contribution is 2.21. The van der Waals surface area contributed by atoms with E-state index in [0.717, 1.165) is 13.0 Å². The highest BCUT2D eigenvalue weighted by atomic mass is 16.5. The summed E-state index contributed by atoms with van der Waals surface area (Å²) in [6, 6.07) is 0. The summed E-state index contributed by atoms with van der Waals surface area (Å²) in [5, 5.41) is 14.4. The summed E-state index contributed by atoms with van der Waals surface area (Å²) in [7, 11) is 0. The number of carbonyl (C=O) groups excluding carboxylic acids is 1. The van der Waals surface area contributed by atoms with E-state index in [4.69, 9.17) is 15.7 Å². The molecular formula is C13H27N3O3. The van der Waals surface area contributed by atoms with E-state index in [1.54, 1.807) is 6.92 Å². The predicted molar refractivity (Wildman–Crippen MR) is 75.1 cm³/mol. The van der Waals surface area contributed by atoms with Crippen LogP contribution in [0.4, 0.5) is 0 Å². The van der Waals surface area contributed by atoms with Gasteiger partial charge in [0.05, 0.1) is 0 Å². The molecule has 0 aromatic carbocycles. The molecule has 19 heavy (non-hydrogen) atoms. The molecule has 0 aliphatic carbocycles. The zero-order chi connectivity index (χ0) is 14.9. The van der Waals surface area contributed by atoms with Gasteiger partial charge in [-0.25, -0.2) is 0 Å². The van der Waals surface area contributed by atoms with Crippen molar-refractivity contribution in [1.29, 1.82) is 0 Å². The fourth-order valence-corrected chi connectivity index (χ4v) is 1.46. The van der Waals surface area contributed by atoms with Crippen molar-refractivity contribution in [2.24, 2.45) is 22.2 Å². The SMILES string of the molecule is CCC(C)(C(=O)NCCCOCC(C)C)C(N)=NO. The van der Waals surface area contributed by atoms with Crippen molar-refractivity contribution in [3.63, 3.8) is 0 Å². The summed E-state index contributed by atoms with van der Waals surface area (Å²) in [5.41, 5.74) is 4.60. The summed E-state index contributed by atoms with van der Waals surface area (Å²) < 4.78 is 5.42. The number of ether oxygens (including phenoxy) is 1. The van der Waals surface area contributed by atoms with Crippen LogP contribution in [-0.2, 0) is 9.53 Å². The average molecular weight is 273 g/mol. The van der Waals surface area contributed by atoms with E-state index in [0.29, 0.717) is 25.5 Å². The second kappa shape index (κ2) is 8.74. The van der Waals surface area contributed by atoms with Gasteiger partial charge in [-0.1, -0.05) is 25.9 Å². The number of nitrogens with one attached hydrogen (secondary N) is 1. The van der Waals surface area contributed by atoms with Crippen LogP contribution in [0.15, 0.2) is 5.16 Å². The topological polar surface area (TPSA) is 96.9 Å². The van der Waals surface area contributed by atoms with Gasteiger partial charge in [-0.3, -0.25) is 4.79 Å². The van der Waals surface area contributed by atoms with Crippen LogP contribution >= 0.6 is 0 Å². The van der Waals surface area contributed by atoms with E-state index in [1.165, 1.54) is 0 Å². The number of amides is 1. The Morgan fingerprint density at radius 3 is 2.63 bits per heavy atom. The lowest BCUT2D eigenvalue weighted by Crippen LogP contribution is -2.47. The number of hydrogen-bond acceptors (Lipinski definition) is 4. The lowest BCUT2D eigenvalue weighted by atomic mass is 9.85. The Kier molecular flexibility index (Phi) is 8.14. The maximum Gasteiger partial charge on any atom is 0.233 e. The molecule has 0 rings (SSSR count). The molecule has 4 N–H and O–H groups in total. The lowest BCUT2D eigenvalue weighted by Gasteiger charge is -2.25. The van der Waals surface area contributed by atoms with Gasteiger partial charge in [0.2, 0.25) is 5.91 Å². The normalized spacial score (nSPS) is 15.3. The minimum atomic E-state index is -0.965. The molecular weight excluding hydrogens is 246 g/mol. The first-order valence-electron chi connectivity index (χ1n) is 6.72. The van der Waals surface area contributed by atoms with Crippen molar-refractivity contribution in [1.82, 2.24) is 5.32 Å². The van der Waals surface area contributed by atoms with E-state index in [1.807, 2.05) is 6.92 Å². The summed E-state index contributed by atoms with van der Waals surface area (Å²) >= 11 is 0. The van der Waals surface area contributed by atoms with Gasteiger partial charge in [0.25, 0.3) is 0 Å². The number of oxime groups is 1. The van der Waals surface area contributed by atoms with E-state index in [-0.39, 0.29) is 11.7 Å². The van der Waals surface area contributed by atoms with Crippen molar-refractivity contribution >= 4 is 11.7 Å². The fourth-order valence-electron chi connectivity index (χ4n) is 1.46. The van der Waals surface area contributed by atoms with Gasteiger partial charge in [0.15, 0.2) is 5.84 Å². The first kappa shape index (κ1) is 17.7. The zero-order valence-electron chi connectivity index (χ0n) is 12.4. The molecule has 0 aromatic rings. The van der Waals surface area contributed by atoms with Crippen LogP contribution < -0.4 is 11.1 Å². The Morgan fingerprint density at radius 1 is 1.53 bits per heavy atom. The van der Waals surface area contributed by atoms with Crippen molar-refractivity contribution < 1.29 is 14.7 Å². The Balaban J connectivity index is 4.03. The summed E-state index contributed by atoms with van der Waals surface area (Å²) in [6.07, 6.45) is 1.22. The second-order valence-corrected chi connectivity index (χ2v) is 5.25. The number of nitrogens with two attached hydrogens (primary N) is 1. The van der Waals surface area contributed by atoms with Gasteiger partial charge in [-0.2, -0.15) is 0 Å². The molecule has 0 fully saturated rings. The molecule has 0 heterocycles. The molecule has 0 saturated heterocycles. The number of nitrogens with zero attached hydrogens (tertiary/aromatic N) is 1. The minimum absolute atomic E-state index is 0.0662. The van der Waals surface area contributed by atoms with E-state index < -0.39 is 5.41 Å². The fraction of sp³-hybridized carbons (Fsp3) is 0.846. The average Bonchev–Trinajstić information content (AvgIpc) is 2.39. The van der Waals surface area contributed by atoms with Gasteiger partial charge >= 0.3 is 0 Å². The van der Waals surface area contributed by atoms with Crippen LogP contribution in [0.5, 0.6) is 0 Å². The number of hydrogen-bond donors (Lipinski definition) is 3. The van der Waals surface area contributed by atoms with Gasteiger partial charge in [-0.05, 0) is 25.7 Å². The lowest BCUT2D eigenvalue weighted by molar-refractivity contribution is -0.127. The third-order valence-electron chi connectivity index (χ3n) is 3.08. The van der Waals surface area contributed by atoms with Gasteiger partial charge < -0.3 is 21.0 Å². The second-order valence-electron chi connectivity index (χ2n) is 5.25. The molecule has 0 aromatic heterocycles. The van der Waals surface area contributed by atoms with Gasteiger partial charge in [0, 0.05) is 19.8 Å². The molecule has 6 nitrogen and oxygen atoms in total. The van der Waals surface area contributed by atoms with Crippen LogP contribution in [0.2, 0.25) is 0 Å². The quantitative estimate of drug-likeness (QED) is 0.194. The van der Waals surface area contributed by atoms with E-state index in [2.05, 4.69) is 24.3 Å². The Labute approximate surface area is 115 Å². The highest BCUT2D eigenvalue weighted by molar-refractivity contribution is 6.06. The summed E-state index contributed by atoms with van der Waals surface area (Å²) in [5.74, 6) is 0.219. The molecule has 1 amide bonds. The predicted octanol–water partition coefficient (Wildman–Crippen LogP) is 1.33. The van der Waals surface area contributed by atoms with Crippen LogP contribution in [0.3, 0.4) is 0 Å². The van der Waals surface area contributed by atoms with E-state index >= 15 is 0 Å². The first-order chi connectivity index (χ1) is 8.88. The molecule has 0 saturated carbocycles. The molecule has 0 aliphatic heterocycles. The molecule has 112 valence electrons. The number of amidine groups is 1. The maximum absolute atomic E-state index is 12.0. The smallest absolute Gasteiger partial charge is 0.233 e. The van der Waals surface area contributed by atoms with Crippen LogP contribution in [0.25, 0.3) is 0 Å². The minimum Gasteiger partial charge on any atom is -0.409 e. The number of rotatable bonds is 9. The standard InChI is InChI=1S/C13H27N3O3/c1-5-13(4,11(14)16-18)12(17)15-7-6-8-19-9-10(2)3/h10,18H,5-9H2,1-4H3,(H2,14,16)(H,15,17). The molecule has 0 spiro atoms. The Morgan fingerprint density at radius 2 is 2.16 bits per heavy atom. The van der Waals surface area contributed by atoms with Crippen LogP contribution in [0, 0.1) is 11.3 Å².